The molecule has 0 unspecified atom stereocenters. The maximum Gasteiger partial charge on any atom is 0.240 e. The van der Waals surface area contributed by atoms with Crippen molar-refractivity contribution in [2.75, 3.05) is 5.32 Å². The number of anilines is 1. The van der Waals surface area contributed by atoms with E-state index < -0.39 is 0 Å². The number of carbonyl (C=O) groups excluding carboxylic acids is 2. The first-order chi connectivity index (χ1) is 13.4. The fourth-order valence-corrected chi connectivity index (χ4v) is 2.54. The number of nitrogens with zero attached hydrogens (tertiary/aromatic N) is 1. The number of benzene rings is 2. The summed E-state index contributed by atoms with van der Waals surface area (Å²) in [6.45, 7) is 7.62. The summed E-state index contributed by atoms with van der Waals surface area (Å²) in [5, 5.41) is 16.8. The molecule has 0 saturated heterocycles. The van der Waals surface area contributed by atoms with Crippen LogP contribution in [0, 0.1) is 13.8 Å². The number of para-hydroxylation sites is 1. The van der Waals surface area contributed by atoms with E-state index in [1.165, 1.54) is 6.21 Å². The van der Waals surface area contributed by atoms with E-state index in [1.54, 1.807) is 24.3 Å². The third-order valence-electron chi connectivity index (χ3n) is 4.28. The molecule has 6 heteroatoms. The fourth-order valence-electron chi connectivity index (χ4n) is 2.54. The first-order valence-corrected chi connectivity index (χ1v) is 9.01. The third-order valence-corrected chi connectivity index (χ3v) is 4.28. The summed E-state index contributed by atoms with van der Waals surface area (Å²) >= 11 is 0. The molecule has 0 heterocycles. The Kier molecular flexibility index (Phi) is 7.51. The molecule has 0 saturated carbocycles. The van der Waals surface area contributed by atoms with Crippen LogP contribution < -0.4 is 10.7 Å². The van der Waals surface area contributed by atoms with E-state index in [-0.39, 0.29) is 30.4 Å². The van der Waals surface area contributed by atoms with Crippen LogP contribution in [-0.2, 0) is 16.0 Å². The van der Waals surface area contributed by atoms with Crippen molar-refractivity contribution in [3.8, 4) is 5.75 Å². The van der Waals surface area contributed by atoms with Crippen molar-refractivity contribution < 1.29 is 14.7 Å². The zero-order valence-corrected chi connectivity index (χ0v) is 16.2. The first-order valence-electron chi connectivity index (χ1n) is 9.01. The lowest BCUT2D eigenvalue weighted by Gasteiger charge is -2.07. The SMILES string of the molecule is C=CCc1cccc(/C=N\NC(=O)CCC(=O)Nc2ccc(C)c(C)c2)c1O. The predicted octanol–water partition coefficient (Wildman–Crippen LogP) is 3.61. The summed E-state index contributed by atoms with van der Waals surface area (Å²) in [7, 11) is 0. The molecule has 2 aromatic rings. The summed E-state index contributed by atoms with van der Waals surface area (Å²) in [6, 6.07) is 10.9. The Labute approximate surface area is 165 Å². The highest BCUT2D eigenvalue weighted by atomic mass is 16.3. The largest absolute Gasteiger partial charge is 0.507 e. The quantitative estimate of drug-likeness (QED) is 0.372. The minimum atomic E-state index is -0.381. The number of hydrogen-bond donors (Lipinski definition) is 3. The van der Waals surface area contributed by atoms with Gasteiger partial charge in [0.25, 0.3) is 0 Å². The van der Waals surface area contributed by atoms with Crippen LogP contribution in [0.1, 0.15) is 35.1 Å². The topological polar surface area (TPSA) is 90.8 Å². The number of aromatic hydroxyl groups is 1. The van der Waals surface area contributed by atoms with E-state index in [2.05, 4.69) is 22.4 Å². The van der Waals surface area contributed by atoms with Crippen LogP contribution in [0.5, 0.6) is 5.75 Å². The van der Waals surface area contributed by atoms with E-state index in [0.29, 0.717) is 17.7 Å². The van der Waals surface area contributed by atoms with Gasteiger partial charge in [-0.05, 0) is 55.2 Å². The molecule has 0 radical (unpaired) electrons. The molecule has 0 fully saturated rings. The molecule has 2 amide bonds. The second-order valence-electron chi connectivity index (χ2n) is 6.49. The van der Waals surface area contributed by atoms with Crippen LogP contribution in [0.15, 0.2) is 54.2 Å². The number of phenols is 1. The molecule has 0 aliphatic heterocycles. The first kappa shape index (κ1) is 20.9. The average molecular weight is 379 g/mol. The maximum absolute atomic E-state index is 12.0. The van der Waals surface area contributed by atoms with Gasteiger partial charge in [-0.2, -0.15) is 5.10 Å². The van der Waals surface area contributed by atoms with Gasteiger partial charge in [0.05, 0.1) is 6.21 Å². The number of hydrazone groups is 1. The smallest absolute Gasteiger partial charge is 0.240 e. The van der Waals surface area contributed by atoms with Gasteiger partial charge in [-0.15, -0.1) is 6.58 Å². The molecule has 2 rings (SSSR count). The van der Waals surface area contributed by atoms with E-state index >= 15 is 0 Å². The van der Waals surface area contributed by atoms with E-state index in [9.17, 15) is 14.7 Å². The van der Waals surface area contributed by atoms with Gasteiger partial charge in [0.15, 0.2) is 0 Å². The van der Waals surface area contributed by atoms with Crippen molar-refractivity contribution in [1.29, 1.82) is 0 Å². The lowest BCUT2D eigenvalue weighted by atomic mass is 10.1. The zero-order valence-electron chi connectivity index (χ0n) is 16.2. The zero-order chi connectivity index (χ0) is 20.5. The summed E-state index contributed by atoms with van der Waals surface area (Å²) in [5.74, 6) is -0.515. The number of hydrogen-bond acceptors (Lipinski definition) is 4. The summed E-state index contributed by atoms with van der Waals surface area (Å²) in [6.07, 6.45) is 3.66. The Balaban J connectivity index is 1.81. The molecule has 0 aliphatic rings. The number of aryl methyl sites for hydroxylation is 2. The molecule has 6 nitrogen and oxygen atoms in total. The minimum Gasteiger partial charge on any atom is -0.507 e. The highest BCUT2D eigenvalue weighted by Gasteiger charge is 2.08. The van der Waals surface area contributed by atoms with Crippen LogP contribution in [0.2, 0.25) is 0 Å². The molecular formula is C22H25N3O3. The molecule has 0 bridgehead atoms. The minimum absolute atomic E-state index is 0.0104. The van der Waals surface area contributed by atoms with Crippen molar-refractivity contribution in [1.82, 2.24) is 5.43 Å². The van der Waals surface area contributed by atoms with E-state index in [4.69, 9.17) is 0 Å². The molecule has 0 spiro atoms. The molecule has 28 heavy (non-hydrogen) atoms. The summed E-state index contributed by atoms with van der Waals surface area (Å²) in [4.78, 5) is 23.8. The molecule has 146 valence electrons. The molecule has 3 N–H and O–H groups in total. The Morgan fingerprint density at radius 2 is 1.86 bits per heavy atom. The highest BCUT2D eigenvalue weighted by Crippen LogP contribution is 2.21. The number of phenolic OH excluding ortho intramolecular Hbond substituents is 1. The Hall–Kier alpha value is -3.41. The van der Waals surface area contributed by atoms with E-state index in [0.717, 1.165) is 16.7 Å². The average Bonchev–Trinajstić information content (AvgIpc) is 2.66. The monoisotopic (exact) mass is 379 g/mol. The van der Waals surface area contributed by atoms with Crippen molar-refractivity contribution >= 4 is 23.7 Å². The summed E-state index contributed by atoms with van der Waals surface area (Å²) < 4.78 is 0. The van der Waals surface area contributed by atoms with Crippen LogP contribution in [0.3, 0.4) is 0 Å². The van der Waals surface area contributed by atoms with Crippen molar-refractivity contribution in [3.63, 3.8) is 0 Å². The van der Waals surface area contributed by atoms with Gasteiger partial charge in [-0.3, -0.25) is 9.59 Å². The normalized spacial score (nSPS) is 10.6. The van der Waals surface area contributed by atoms with Gasteiger partial charge in [0, 0.05) is 24.1 Å². The van der Waals surface area contributed by atoms with Crippen molar-refractivity contribution in [2.45, 2.75) is 33.1 Å². The molecule has 0 aliphatic carbocycles. The summed E-state index contributed by atoms with van der Waals surface area (Å²) in [5.41, 5.74) is 6.53. The number of nitrogens with one attached hydrogen (secondary N) is 2. The van der Waals surface area contributed by atoms with Gasteiger partial charge in [0.1, 0.15) is 5.75 Å². The number of rotatable bonds is 8. The van der Waals surface area contributed by atoms with E-state index in [1.807, 2.05) is 32.0 Å². The second-order valence-corrected chi connectivity index (χ2v) is 6.49. The number of carbonyl (C=O) groups is 2. The second kappa shape index (κ2) is 10.1. The predicted molar refractivity (Wildman–Crippen MR) is 112 cm³/mol. The van der Waals surface area contributed by atoms with Gasteiger partial charge in [-0.25, -0.2) is 5.43 Å². The fraction of sp³-hybridized carbons (Fsp3) is 0.227. The van der Waals surface area contributed by atoms with Gasteiger partial charge < -0.3 is 10.4 Å². The van der Waals surface area contributed by atoms with Crippen LogP contribution in [0.4, 0.5) is 5.69 Å². The molecular weight excluding hydrogens is 354 g/mol. The van der Waals surface area contributed by atoms with Gasteiger partial charge in [0.2, 0.25) is 11.8 Å². The Bertz CT molecular complexity index is 904. The van der Waals surface area contributed by atoms with Crippen molar-refractivity contribution in [3.05, 3.63) is 71.3 Å². The molecule has 0 aromatic heterocycles. The number of allylic oxidation sites excluding steroid dienone is 1. The lowest BCUT2D eigenvalue weighted by molar-refractivity contribution is -0.124. The Morgan fingerprint density at radius 3 is 2.57 bits per heavy atom. The lowest BCUT2D eigenvalue weighted by Crippen LogP contribution is -2.20. The molecule has 0 atom stereocenters. The standard InChI is InChI=1S/C22H25N3O3/c1-4-6-17-7-5-8-18(22(17)28)14-23-25-21(27)12-11-20(26)24-19-10-9-15(2)16(3)13-19/h4-5,7-10,13-14,28H,1,6,11-12H2,2-3H3,(H,24,26)(H,25,27)/b23-14-. The highest BCUT2D eigenvalue weighted by molar-refractivity contribution is 5.93. The maximum atomic E-state index is 12.0. The van der Waals surface area contributed by atoms with Crippen LogP contribution in [0.25, 0.3) is 0 Å². The molecule has 2 aromatic carbocycles. The van der Waals surface area contributed by atoms with Gasteiger partial charge >= 0.3 is 0 Å². The van der Waals surface area contributed by atoms with Gasteiger partial charge in [-0.1, -0.05) is 24.3 Å². The van der Waals surface area contributed by atoms with Crippen molar-refractivity contribution in [2.24, 2.45) is 5.10 Å². The number of amides is 2. The Morgan fingerprint density at radius 1 is 1.11 bits per heavy atom. The third kappa shape index (κ3) is 6.09. The van der Waals surface area contributed by atoms with Crippen LogP contribution in [-0.4, -0.2) is 23.1 Å². The van der Waals surface area contributed by atoms with Crippen LogP contribution >= 0.6 is 0 Å².